The number of carbonyl (C=O) groups is 1. The fourth-order valence-electron chi connectivity index (χ4n) is 3.45. The second-order valence-electron chi connectivity index (χ2n) is 5.62. The van der Waals surface area contributed by atoms with Crippen molar-refractivity contribution in [1.29, 1.82) is 0 Å². The average molecular weight is 294 g/mol. The van der Waals surface area contributed by atoms with Crippen molar-refractivity contribution in [2.75, 3.05) is 6.61 Å². The van der Waals surface area contributed by atoms with Crippen LogP contribution in [0.25, 0.3) is 0 Å². The number of amides is 1. The van der Waals surface area contributed by atoms with Gasteiger partial charge in [0.2, 0.25) is 0 Å². The maximum Gasteiger partial charge on any atom is 0.254 e. The number of benzene rings is 1. The molecule has 0 aliphatic carbocycles. The van der Waals surface area contributed by atoms with Crippen LogP contribution in [0.15, 0.2) is 24.3 Å². The number of hydrogen-bond donors (Lipinski definition) is 0. The van der Waals surface area contributed by atoms with Crippen LogP contribution in [0.1, 0.15) is 43.0 Å². The molecule has 2 atom stereocenters. The van der Waals surface area contributed by atoms with Gasteiger partial charge in [0.15, 0.2) is 0 Å². The third-order valence-electron chi connectivity index (χ3n) is 4.32. The SMILES string of the molecule is CCOc1ccc(C(=O)N2C3CCC2CC(Cl)C3)cc1. The first kappa shape index (κ1) is 13.7. The summed E-state index contributed by atoms with van der Waals surface area (Å²) in [6, 6.07) is 8.12. The summed E-state index contributed by atoms with van der Waals surface area (Å²) in [6.07, 6.45) is 4.05. The van der Waals surface area contributed by atoms with Crippen LogP contribution >= 0.6 is 11.6 Å². The van der Waals surface area contributed by atoms with Crippen LogP contribution < -0.4 is 4.74 Å². The summed E-state index contributed by atoms with van der Waals surface area (Å²) in [5, 5.41) is 0.233. The molecule has 2 saturated heterocycles. The van der Waals surface area contributed by atoms with Gasteiger partial charge in [-0.05, 0) is 56.9 Å². The van der Waals surface area contributed by atoms with Gasteiger partial charge in [0, 0.05) is 23.0 Å². The number of fused-ring (bicyclic) bond motifs is 2. The lowest BCUT2D eigenvalue weighted by atomic mass is 10.0. The molecule has 2 aliphatic rings. The fraction of sp³-hybridized carbons (Fsp3) is 0.562. The van der Waals surface area contributed by atoms with Crippen molar-refractivity contribution in [2.24, 2.45) is 0 Å². The van der Waals surface area contributed by atoms with E-state index in [4.69, 9.17) is 16.3 Å². The first-order chi connectivity index (χ1) is 9.69. The van der Waals surface area contributed by atoms with Gasteiger partial charge in [0.05, 0.1) is 6.61 Å². The molecule has 3 rings (SSSR count). The number of rotatable bonds is 3. The Morgan fingerprint density at radius 2 is 1.85 bits per heavy atom. The third kappa shape index (κ3) is 2.51. The van der Waals surface area contributed by atoms with E-state index < -0.39 is 0 Å². The summed E-state index contributed by atoms with van der Waals surface area (Å²) in [5.74, 6) is 0.954. The van der Waals surface area contributed by atoms with Crippen LogP contribution in [0.5, 0.6) is 5.75 Å². The number of halogens is 1. The minimum atomic E-state index is 0.143. The molecule has 2 bridgehead atoms. The minimum Gasteiger partial charge on any atom is -0.494 e. The molecule has 0 spiro atoms. The van der Waals surface area contributed by atoms with Crippen molar-refractivity contribution >= 4 is 17.5 Å². The smallest absolute Gasteiger partial charge is 0.254 e. The standard InChI is InChI=1S/C16H20ClNO2/c1-2-20-15-7-3-11(4-8-15)16(19)18-13-5-6-14(18)10-12(17)9-13/h3-4,7-8,12-14H,2,5-6,9-10H2,1H3. The molecule has 2 aliphatic heterocycles. The van der Waals surface area contributed by atoms with Crippen molar-refractivity contribution in [3.05, 3.63) is 29.8 Å². The van der Waals surface area contributed by atoms with Gasteiger partial charge in [-0.2, -0.15) is 0 Å². The molecule has 0 N–H and O–H groups in total. The molecule has 0 saturated carbocycles. The topological polar surface area (TPSA) is 29.5 Å². The summed E-state index contributed by atoms with van der Waals surface area (Å²) in [4.78, 5) is 14.7. The Labute approximate surface area is 124 Å². The fourth-order valence-corrected chi connectivity index (χ4v) is 3.86. The van der Waals surface area contributed by atoms with Gasteiger partial charge in [-0.3, -0.25) is 4.79 Å². The maximum atomic E-state index is 12.7. The summed E-state index contributed by atoms with van der Waals surface area (Å²) in [6.45, 7) is 2.59. The quantitative estimate of drug-likeness (QED) is 0.799. The molecule has 2 fully saturated rings. The highest BCUT2D eigenvalue weighted by Crippen LogP contribution is 2.38. The van der Waals surface area contributed by atoms with Gasteiger partial charge in [-0.1, -0.05) is 0 Å². The number of nitrogens with zero attached hydrogens (tertiary/aromatic N) is 1. The molecule has 1 aromatic carbocycles. The van der Waals surface area contributed by atoms with Crippen LogP contribution in [0.4, 0.5) is 0 Å². The van der Waals surface area contributed by atoms with Gasteiger partial charge < -0.3 is 9.64 Å². The zero-order valence-electron chi connectivity index (χ0n) is 11.7. The number of piperidine rings is 1. The van der Waals surface area contributed by atoms with Gasteiger partial charge in [0.25, 0.3) is 5.91 Å². The van der Waals surface area contributed by atoms with Crippen molar-refractivity contribution in [3.8, 4) is 5.75 Å². The predicted octanol–water partition coefficient (Wildman–Crippen LogP) is 3.46. The van der Waals surface area contributed by atoms with Gasteiger partial charge in [0.1, 0.15) is 5.75 Å². The number of ether oxygens (including phenoxy) is 1. The molecule has 0 radical (unpaired) electrons. The van der Waals surface area contributed by atoms with Crippen molar-refractivity contribution in [2.45, 2.75) is 50.1 Å². The van der Waals surface area contributed by atoms with E-state index in [0.29, 0.717) is 18.7 Å². The first-order valence-electron chi connectivity index (χ1n) is 7.38. The van der Waals surface area contributed by atoms with Crippen molar-refractivity contribution in [1.82, 2.24) is 4.90 Å². The number of carbonyl (C=O) groups excluding carboxylic acids is 1. The zero-order valence-corrected chi connectivity index (χ0v) is 12.5. The first-order valence-corrected chi connectivity index (χ1v) is 7.82. The Bertz CT molecular complexity index is 474. The third-order valence-corrected chi connectivity index (χ3v) is 4.68. The highest BCUT2D eigenvalue weighted by molar-refractivity contribution is 6.20. The molecule has 0 aromatic heterocycles. The molecule has 4 heteroatoms. The monoisotopic (exact) mass is 293 g/mol. The molecule has 2 heterocycles. The largest absolute Gasteiger partial charge is 0.494 e. The molecule has 20 heavy (non-hydrogen) atoms. The van der Waals surface area contributed by atoms with E-state index in [1.807, 2.05) is 31.2 Å². The second kappa shape index (κ2) is 5.65. The molecule has 1 aromatic rings. The second-order valence-corrected chi connectivity index (χ2v) is 6.24. The van der Waals surface area contributed by atoms with Crippen LogP contribution in [0, 0.1) is 0 Å². The molecule has 3 nitrogen and oxygen atoms in total. The average Bonchev–Trinajstić information content (AvgIpc) is 2.71. The molecule has 2 unspecified atom stereocenters. The van der Waals surface area contributed by atoms with E-state index in [2.05, 4.69) is 4.90 Å². The number of alkyl halides is 1. The molecular formula is C16H20ClNO2. The van der Waals surface area contributed by atoms with Crippen LogP contribution in [-0.4, -0.2) is 34.9 Å². The molecule has 108 valence electrons. The van der Waals surface area contributed by atoms with Crippen LogP contribution in [0.3, 0.4) is 0 Å². The van der Waals surface area contributed by atoms with E-state index in [1.165, 1.54) is 0 Å². The zero-order chi connectivity index (χ0) is 14.1. The van der Waals surface area contributed by atoms with Gasteiger partial charge >= 0.3 is 0 Å². The van der Waals surface area contributed by atoms with Crippen molar-refractivity contribution < 1.29 is 9.53 Å². The van der Waals surface area contributed by atoms with E-state index >= 15 is 0 Å². The highest BCUT2D eigenvalue weighted by Gasteiger charge is 2.42. The lowest BCUT2D eigenvalue weighted by Gasteiger charge is -2.37. The Morgan fingerprint density at radius 3 is 2.40 bits per heavy atom. The molecular weight excluding hydrogens is 274 g/mol. The summed E-state index contributed by atoms with van der Waals surface area (Å²) < 4.78 is 5.41. The van der Waals surface area contributed by atoms with Gasteiger partial charge in [-0.25, -0.2) is 0 Å². The minimum absolute atomic E-state index is 0.143. The number of hydrogen-bond acceptors (Lipinski definition) is 2. The Hall–Kier alpha value is -1.22. The van der Waals surface area contributed by atoms with Gasteiger partial charge in [-0.15, -0.1) is 11.6 Å². The van der Waals surface area contributed by atoms with E-state index in [9.17, 15) is 4.79 Å². The summed E-state index contributed by atoms with van der Waals surface area (Å²) in [7, 11) is 0. The normalized spacial score (nSPS) is 28.5. The lowest BCUT2D eigenvalue weighted by molar-refractivity contribution is 0.0599. The highest BCUT2D eigenvalue weighted by atomic mass is 35.5. The Morgan fingerprint density at radius 1 is 1.25 bits per heavy atom. The summed E-state index contributed by atoms with van der Waals surface area (Å²) in [5.41, 5.74) is 0.748. The Balaban J connectivity index is 1.76. The van der Waals surface area contributed by atoms with Crippen LogP contribution in [0.2, 0.25) is 0 Å². The van der Waals surface area contributed by atoms with E-state index in [1.54, 1.807) is 0 Å². The summed E-state index contributed by atoms with van der Waals surface area (Å²) >= 11 is 6.26. The predicted molar refractivity (Wildman–Crippen MR) is 79.5 cm³/mol. The Kier molecular flexibility index (Phi) is 3.88. The van der Waals surface area contributed by atoms with Crippen LogP contribution in [-0.2, 0) is 0 Å². The van der Waals surface area contributed by atoms with E-state index in [0.717, 1.165) is 37.0 Å². The van der Waals surface area contributed by atoms with E-state index in [-0.39, 0.29) is 11.3 Å². The van der Waals surface area contributed by atoms with Crippen molar-refractivity contribution in [3.63, 3.8) is 0 Å². The lowest BCUT2D eigenvalue weighted by Crippen LogP contribution is -2.46. The maximum absolute atomic E-state index is 12.7. The molecule has 1 amide bonds.